The average Bonchev–Trinajstić information content (AvgIpc) is 3.58. The fourth-order valence-electron chi connectivity index (χ4n) is 7.77. The van der Waals surface area contributed by atoms with Crippen LogP contribution in [0.2, 0.25) is 0 Å². The van der Waals surface area contributed by atoms with E-state index in [9.17, 15) is 33.6 Å². The summed E-state index contributed by atoms with van der Waals surface area (Å²) >= 11 is 0. The van der Waals surface area contributed by atoms with Gasteiger partial charge in [0, 0.05) is 40.0 Å². The number of nitrogens with one attached hydrogen (secondary N) is 3. The Labute approximate surface area is 341 Å². The molecule has 1 aromatic carbocycles. The quantitative estimate of drug-likeness (QED) is 0.178. The van der Waals surface area contributed by atoms with Crippen molar-refractivity contribution in [2.75, 3.05) is 33.7 Å². The molecule has 1 aromatic rings. The maximum absolute atomic E-state index is 12.4. The molecule has 13 nitrogen and oxygen atoms in total. The topological polar surface area (TPSA) is 171 Å². The Kier molecular flexibility index (Phi) is 21.0. The number of ketones is 2. The highest BCUT2D eigenvalue weighted by Crippen LogP contribution is 2.35. The number of nitrogens with zero attached hydrogens (tertiary/aromatic N) is 2. The summed E-state index contributed by atoms with van der Waals surface area (Å²) in [6.45, 7) is 14.1. The lowest BCUT2D eigenvalue weighted by molar-refractivity contribution is -0.141. The predicted octanol–water partition coefficient (Wildman–Crippen LogP) is 6.15. The summed E-state index contributed by atoms with van der Waals surface area (Å²) in [5.41, 5.74) is 0.930. The summed E-state index contributed by atoms with van der Waals surface area (Å²) in [6, 6.07) is 7.87. The summed E-state index contributed by atoms with van der Waals surface area (Å²) < 4.78 is 5.04. The van der Waals surface area contributed by atoms with E-state index in [2.05, 4.69) is 29.8 Å². The molecule has 1 aliphatic heterocycles. The van der Waals surface area contributed by atoms with Crippen molar-refractivity contribution in [1.29, 1.82) is 0 Å². The number of alkyl carbamates (subject to hydrolysis) is 1. The van der Waals surface area contributed by atoms with Crippen molar-refractivity contribution in [3.63, 3.8) is 0 Å². The molecule has 1 saturated heterocycles. The van der Waals surface area contributed by atoms with E-state index in [4.69, 9.17) is 4.74 Å². The fourth-order valence-corrected chi connectivity index (χ4v) is 7.77. The van der Waals surface area contributed by atoms with E-state index in [0.29, 0.717) is 23.8 Å². The number of Topliss-reactive ketones (excluding diaryl/α,β-unsaturated/α-hetero) is 2. The average molecular weight is 798 g/mol. The Morgan fingerprint density at radius 1 is 0.895 bits per heavy atom. The van der Waals surface area contributed by atoms with E-state index in [-0.39, 0.29) is 53.7 Å². The molecule has 320 valence electrons. The highest BCUT2D eigenvalue weighted by atomic mass is 16.6. The second-order valence-corrected chi connectivity index (χ2v) is 16.9. The highest BCUT2D eigenvalue weighted by Gasteiger charge is 2.38. The lowest BCUT2D eigenvalue weighted by Gasteiger charge is -2.33. The van der Waals surface area contributed by atoms with Crippen LogP contribution in [-0.4, -0.2) is 97.0 Å². The van der Waals surface area contributed by atoms with Gasteiger partial charge in [0.1, 0.15) is 6.04 Å². The highest BCUT2D eigenvalue weighted by molar-refractivity contribution is 6.37. The van der Waals surface area contributed by atoms with E-state index in [1.165, 1.54) is 43.4 Å². The van der Waals surface area contributed by atoms with Crippen molar-refractivity contribution in [2.45, 2.75) is 144 Å². The predicted molar refractivity (Wildman–Crippen MR) is 221 cm³/mol. The Bertz CT molecular complexity index is 1470. The van der Waals surface area contributed by atoms with Gasteiger partial charge < -0.3 is 30.5 Å². The number of rotatable bonds is 15. The SMILES string of the molecule is CC(C)OC(=O)NCC1(C)CCCCC1.CC(CC1CCC1)C(=O)C(=O)NCC(=O)NC(C(=O)N(C)C)c1ccccc1.CCC[C@H]1CCN(C(C)=O)C1C(C)=O. The monoisotopic (exact) mass is 798 g/mol. The maximum atomic E-state index is 12.4. The van der Waals surface area contributed by atoms with Crippen LogP contribution >= 0.6 is 0 Å². The lowest BCUT2D eigenvalue weighted by Crippen LogP contribution is -2.45. The summed E-state index contributed by atoms with van der Waals surface area (Å²) in [5, 5.41) is 7.87. The minimum Gasteiger partial charge on any atom is -0.447 e. The molecule has 13 heteroatoms. The third kappa shape index (κ3) is 17.0. The Morgan fingerprint density at radius 2 is 1.53 bits per heavy atom. The van der Waals surface area contributed by atoms with Crippen LogP contribution in [0, 0.1) is 23.2 Å². The zero-order chi connectivity index (χ0) is 42.7. The minimum atomic E-state index is -0.853. The molecule has 3 N–H and O–H groups in total. The molecule has 2 aliphatic carbocycles. The number of hydrogen-bond acceptors (Lipinski definition) is 8. The number of hydrogen-bond donors (Lipinski definition) is 3. The van der Waals surface area contributed by atoms with E-state index in [1.54, 1.807) is 64.0 Å². The molecular weight excluding hydrogens is 727 g/mol. The molecule has 0 spiro atoms. The first-order valence-electron chi connectivity index (χ1n) is 21.0. The molecule has 2 saturated carbocycles. The van der Waals surface area contributed by atoms with Crippen molar-refractivity contribution in [2.24, 2.45) is 23.2 Å². The molecule has 3 aliphatic rings. The first kappa shape index (κ1) is 48.9. The van der Waals surface area contributed by atoms with Crippen LogP contribution in [0.1, 0.15) is 137 Å². The zero-order valence-electron chi connectivity index (χ0n) is 36.1. The van der Waals surface area contributed by atoms with Gasteiger partial charge in [0.05, 0.1) is 18.7 Å². The number of ether oxygens (including phenoxy) is 1. The van der Waals surface area contributed by atoms with Gasteiger partial charge in [0.2, 0.25) is 23.5 Å². The van der Waals surface area contributed by atoms with Gasteiger partial charge >= 0.3 is 6.09 Å². The van der Waals surface area contributed by atoms with Gasteiger partial charge in [-0.2, -0.15) is 0 Å². The Morgan fingerprint density at radius 3 is 2.04 bits per heavy atom. The van der Waals surface area contributed by atoms with Crippen LogP contribution in [0.15, 0.2) is 30.3 Å². The second-order valence-electron chi connectivity index (χ2n) is 16.9. The number of carbonyl (C=O) groups is 7. The number of likely N-dealkylation sites (N-methyl/N-ethyl adjacent to an activating group) is 1. The summed E-state index contributed by atoms with van der Waals surface area (Å²) in [6.07, 6.45) is 13.3. The molecular formula is C44H71N5O8. The van der Waals surface area contributed by atoms with Crippen molar-refractivity contribution >= 4 is 41.3 Å². The van der Waals surface area contributed by atoms with Crippen LogP contribution in [0.25, 0.3) is 0 Å². The smallest absolute Gasteiger partial charge is 0.407 e. The van der Waals surface area contributed by atoms with Crippen LogP contribution in [0.5, 0.6) is 0 Å². The lowest BCUT2D eigenvalue weighted by atomic mass is 9.76. The normalized spacial score (nSPS) is 19.5. The molecule has 1 heterocycles. The largest absolute Gasteiger partial charge is 0.447 e. The van der Waals surface area contributed by atoms with E-state index >= 15 is 0 Å². The van der Waals surface area contributed by atoms with Crippen molar-refractivity contribution in [3.05, 3.63) is 35.9 Å². The third-order valence-corrected chi connectivity index (χ3v) is 11.2. The minimum absolute atomic E-state index is 0.0313. The fraction of sp³-hybridized carbons (Fsp3) is 0.705. The molecule has 0 bridgehead atoms. The molecule has 3 unspecified atom stereocenters. The molecule has 4 atom stereocenters. The first-order valence-corrected chi connectivity index (χ1v) is 21.0. The number of amides is 5. The van der Waals surface area contributed by atoms with Gasteiger partial charge in [-0.3, -0.25) is 28.8 Å². The Hall–Kier alpha value is -4.29. The van der Waals surface area contributed by atoms with Gasteiger partial charge in [0.15, 0.2) is 5.78 Å². The van der Waals surface area contributed by atoms with Gasteiger partial charge in [-0.05, 0) is 75.7 Å². The van der Waals surface area contributed by atoms with E-state index in [0.717, 1.165) is 45.2 Å². The number of likely N-dealkylation sites (tertiary alicyclic amines) is 1. The van der Waals surface area contributed by atoms with Crippen molar-refractivity contribution in [1.82, 2.24) is 25.8 Å². The zero-order valence-corrected chi connectivity index (χ0v) is 36.1. The maximum Gasteiger partial charge on any atom is 0.407 e. The van der Waals surface area contributed by atoms with Crippen LogP contribution < -0.4 is 16.0 Å². The molecule has 0 radical (unpaired) electrons. The number of carbonyl (C=O) groups excluding carboxylic acids is 7. The molecule has 57 heavy (non-hydrogen) atoms. The van der Waals surface area contributed by atoms with Gasteiger partial charge in [-0.1, -0.05) is 96.0 Å². The number of benzene rings is 1. The Balaban J connectivity index is 0.000000325. The first-order chi connectivity index (χ1) is 26.9. The third-order valence-electron chi connectivity index (χ3n) is 11.2. The van der Waals surface area contributed by atoms with E-state index in [1.807, 2.05) is 19.9 Å². The van der Waals surface area contributed by atoms with Gasteiger partial charge in [0.25, 0.3) is 5.91 Å². The van der Waals surface area contributed by atoms with Gasteiger partial charge in [-0.15, -0.1) is 0 Å². The molecule has 0 aromatic heterocycles. The molecule has 3 fully saturated rings. The van der Waals surface area contributed by atoms with Crippen molar-refractivity contribution < 1.29 is 38.3 Å². The standard InChI is InChI=1S/C21H29N3O4.C12H23NO2.C11H19NO2/c1-14(12-15-8-7-9-15)19(26)20(27)22-13-17(25)23-18(21(28)24(2)3)16-10-5-4-6-11-16;1-10(2)15-11(14)13-9-12(3)7-5-4-6-8-12;1-4-5-10-6-7-12(9(3)14)11(10)8(2)13/h4-6,10-11,14-15,18H,7-9,12-13H2,1-3H3,(H,22,27)(H,23,25);10H,4-9H2,1-3H3,(H,13,14);10-11H,4-7H2,1-3H3/t;;10-,11?/m..0/s1. The van der Waals surface area contributed by atoms with Crippen LogP contribution in [0.3, 0.4) is 0 Å². The summed E-state index contributed by atoms with van der Waals surface area (Å²) in [5.74, 6) is -1.32. The van der Waals surface area contributed by atoms with Gasteiger partial charge in [-0.25, -0.2) is 4.79 Å². The van der Waals surface area contributed by atoms with Crippen molar-refractivity contribution in [3.8, 4) is 0 Å². The second kappa shape index (κ2) is 24.5. The molecule has 5 amide bonds. The summed E-state index contributed by atoms with van der Waals surface area (Å²) in [4.78, 5) is 86.1. The van der Waals surface area contributed by atoms with Crippen LogP contribution in [0.4, 0.5) is 4.79 Å². The van der Waals surface area contributed by atoms with E-state index < -0.39 is 23.6 Å². The summed E-state index contributed by atoms with van der Waals surface area (Å²) in [7, 11) is 3.21. The van der Waals surface area contributed by atoms with Crippen LogP contribution in [-0.2, 0) is 33.5 Å². The molecule has 4 rings (SSSR count).